The normalized spacial score (nSPS) is 10.2. The van der Waals surface area contributed by atoms with E-state index in [9.17, 15) is 4.79 Å². The first kappa shape index (κ1) is 11.3. The van der Waals surface area contributed by atoms with Gasteiger partial charge in [-0.05, 0) is 19.1 Å². The second-order valence-corrected chi connectivity index (χ2v) is 3.52. The summed E-state index contributed by atoms with van der Waals surface area (Å²) in [5.41, 5.74) is 6.60. The number of carbonyl (C=O) groups excluding carboxylic acids is 1. The monoisotopic (exact) mass is 232 g/mol. The average molecular weight is 232 g/mol. The van der Waals surface area contributed by atoms with Crippen LogP contribution >= 0.6 is 0 Å². The molecule has 0 aliphatic rings. The Hall–Kier alpha value is -2.21. The lowest BCUT2D eigenvalue weighted by molar-refractivity contribution is 0.102. The number of rotatable bonds is 3. The zero-order chi connectivity index (χ0) is 12.3. The Morgan fingerprint density at radius 1 is 1.53 bits per heavy atom. The van der Waals surface area contributed by atoms with E-state index in [-0.39, 0.29) is 5.91 Å². The van der Waals surface area contributed by atoms with E-state index in [0.29, 0.717) is 29.4 Å². The van der Waals surface area contributed by atoms with E-state index >= 15 is 0 Å². The van der Waals surface area contributed by atoms with Crippen molar-refractivity contribution < 1.29 is 9.32 Å². The molecule has 88 valence electrons. The molecule has 0 saturated carbocycles. The minimum absolute atomic E-state index is 0.268. The number of hydrogen-bond donors (Lipinski definition) is 2. The molecule has 2 heterocycles. The van der Waals surface area contributed by atoms with E-state index < -0.39 is 0 Å². The Balaban J connectivity index is 2.14. The lowest BCUT2D eigenvalue weighted by Crippen LogP contribution is -2.13. The highest BCUT2D eigenvalue weighted by Gasteiger charge is 2.09. The molecule has 1 amide bonds. The topological polar surface area (TPSA) is 94.0 Å². The maximum Gasteiger partial charge on any atom is 0.257 e. The van der Waals surface area contributed by atoms with Crippen LogP contribution in [0.3, 0.4) is 0 Å². The third-order valence-corrected chi connectivity index (χ3v) is 2.16. The number of nitrogens with zero attached hydrogens (tertiary/aromatic N) is 2. The summed E-state index contributed by atoms with van der Waals surface area (Å²) in [6, 6.07) is 4.90. The van der Waals surface area contributed by atoms with Gasteiger partial charge in [-0.15, -0.1) is 0 Å². The number of nitrogens with one attached hydrogen (secondary N) is 1. The van der Waals surface area contributed by atoms with Gasteiger partial charge in [0.05, 0.1) is 5.69 Å². The zero-order valence-electron chi connectivity index (χ0n) is 9.30. The number of aromatic nitrogens is 2. The van der Waals surface area contributed by atoms with Gasteiger partial charge in [-0.2, -0.15) is 0 Å². The summed E-state index contributed by atoms with van der Waals surface area (Å²) in [5, 5.41) is 6.29. The van der Waals surface area contributed by atoms with Crippen LogP contribution in [0.1, 0.15) is 21.8 Å². The number of amides is 1. The van der Waals surface area contributed by atoms with Crippen LogP contribution < -0.4 is 11.1 Å². The van der Waals surface area contributed by atoms with Crippen LogP contribution in [0.2, 0.25) is 0 Å². The predicted octanol–water partition coefficient (Wildman–Crippen LogP) is 1.09. The molecule has 6 nitrogen and oxygen atoms in total. The average Bonchev–Trinajstić information content (AvgIpc) is 2.75. The lowest BCUT2D eigenvalue weighted by atomic mass is 10.2. The summed E-state index contributed by atoms with van der Waals surface area (Å²) in [6.07, 6.45) is 1.55. The van der Waals surface area contributed by atoms with Crippen molar-refractivity contribution >= 4 is 11.7 Å². The lowest BCUT2D eigenvalue weighted by Gasteiger charge is -2.02. The van der Waals surface area contributed by atoms with E-state index in [2.05, 4.69) is 15.5 Å². The van der Waals surface area contributed by atoms with E-state index in [1.54, 1.807) is 31.3 Å². The molecule has 0 aliphatic carbocycles. The van der Waals surface area contributed by atoms with Crippen LogP contribution in [0.5, 0.6) is 0 Å². The van der Waals surface area contributed by atoms with E-state index in [0.717, 1.165) is 0 Å². The first-order valence-corrected chi connectivity index (χ1v) is 5.08. The van der Waals surface area contributed by atoms with Crippen molar-refractivity contribution in [2.45, 2.75) is 13.5 Å². The quantitative estimate of drug-likeness (QED) is 0.826. The van der Waals surface area contributed by atoms with Crippen LogP contribution in [0.4, 0.5) is 5.82 Å². The molecular formula is C11H12N4O2. The number of aryl methyl sites for hydroxylation is 1. The summed E-state index contributed by atoms with van der Waals surface area (Å²) < 4.78 is 4.85. The van der Waals surface area contributed by atoms with Crippen molar-refractivity contribution in [1.82, 2.24) is 10.1 Å². The van der Waals surface area contributed by atoms with Gasteiger partial charge in [0.15, 0.2) is 5.82 Å². The Kier molecular flexibility index (Phi) is 3.15. The Morgan fingerprint density at radius 3 is 3.00 bits per heavy atom. The molecule has 0 saturated heterocycles. The molecule has 3 N–H and O–H groups in total. The van der Waals surface area contributed by atoms with Gasteiger partial charge < -0.3 is 15.6 Å². The fraction of sp³-hybridized carbons (Fsp3) is 0.182. The molecule has 2 rings (SSSR count). The Labute approximate surface area is 97.8 Å². The van der Waals surface area contributed by atoms with Crippen LogP contribution in [0, 0.1) is 6.92 Å². The second-order valence-electron chi connectivity index (χ2n) is 3.52. The maximum absolute atomic E-state index is 11.8. The van der Waals surface area contributed by atoms with Crippen LogP contribution in [-0.2, 0) is 6.54 Å². The molecule has 17 heavy (non-hydrogen) atoms. The molecule has 0 radical (unpaired) electrons. The summed E-state index contributed by atoms with van der Waals surface area (Å²) in [4.78, 5) is 15.8. The molecule has 0 aromatic carbocycles. The standard InChI is InChI=1S/C11H12N4O2/c1-7-4-10(15-17-7)14-11(16)8-2-3-13-9(5-8)6-12/h2-5H,6,12H2,1H3,(H,14,15,16). The van der Waals surface area contributed by atoms with Gasteiger partial charge in [-0.1, -0.05) is 5.16 Å². The van der Waals surface area contributed by atoms with Crippen molar-refractivity contribution in [2.24, 2.45) is 5.73 Å². The Morgan fingerprint density at radius 2 is 2.35 bits per heavy atom. The highest BCUT2D eigenvalue weighted by Crippen LogP contribution is 2.09. The van der Waals surface area contributed by atoms with Crippen molar-refractivity contribution in [3.63, 3.8) is 0 Å². The van der Waals surface area contributed by atoms with Gasteiger partial charge in [0.25, 0.3) is 5.91 Å². The molecule has 0 fully saturated rings. The van der Waals surface area contributed by atoms with E-state index in [1.165, 1.54) is 0 Å². The number of nitrogens with two attached hydrogens (primary N) is 1. The molecule has 6 heteroatoms. The number of carbonyl (C=O) groups is 1. The molecule has 0 unspecified atom stereocenters. The minimum Gasteiger partial charge on any atom is -0.360 e. The molecule has 0 aliphatic heterocycles. The summed E-state index contributed by atoms with van der Waals surface area (Å²) >= 11 is 0. The Bertz CT molecular complexity index is 536. The van der Waals surface area contributed by atoms with Gasteiger partial charge in [-0.3, -0.25) is 9.78 Å². The molecule has 2 aromatic heterocycles. The largest absolute Gasteiger partial charge is 0.360 e. The van der Waals surface area contributed by atoms with Gasteiger partial charge >= 0.3 is 0 Å². The minimum atomic E-state index is -0.268. The fourth-order valence-electron chi connectivity index (χ4n) is 1.34. The SMILES string of the molecule is Cc1cc(NC(=O)c2ccnc(CN)c2)no1. The predicted molar refractivity (Wildman–Crippen MR) is 61.3 cm³/mol. The number of hydrogen-bond acceptors (Lipinski definition) is 5. The first-order chi connectivity index (χ1) is 8.19. The fourth-order valence-corrected chi connectivity index (χ4v) is 1.34. The van der Waals surface area contributed by atoms with Crippen LogP contribution in [0.25, 0.3) is 0 Å². The highest BCUT2D eigenvalue weighted by molar-refractivity contribution is 6.03. The van der Waals surface area contributed by atoms with Crippen molar-refractivity contribution in [2.75, 3.05) is 5.32 Å². The summed E-state index contributed by atoms with van der Waals surface area (Å²) in [7, 11) is 0. The number of anilines is 1. The van der Waals surface area contributed by atoms with Crippen LogP contribution in [0.15, 0.2) is 28.9 Å². The molecule has 0 atom stereocenters. The van der Waals surface area contributed by atoms with Crippen molar-refractivity contribution in [3.05, 3.63) is 41.4 Å². The van der Waals surface area contributed by atoms with Crippen molar-refractivity contribution in [3.8, 4) is 0 Å². The molecule has 2 aromatic rings. The van der Waals surface area contributed by atoms with E-state index in [4.69, 9.17) is 10.3 Å². The first-order valence-electron chi connectivity index (χ1n) is 5.08. The summed E-state index contributed by atoms with van der Waals surface area (Å²) in [5.74, 6) is 0.756. The molecule has 0 bridgehead atoms. The van der Waals surface area contributed by atoms with Gasteiger partial charge in [-0.25, -0.2) is 0 Å². The van der Waals surface area contributed by atoms with Gasteiger partial charge in [0.2, 0.25) is 0 Å². The van der Waals surface area contributed by atoms with E-state index in [1.807, 2.05) is 0 Å². The van der Waals surface area contributed by atoms with Crippen LogP contribution in [-0.4, -0.2) is 16.0 Å². The third-order valence-electron chi connectivity index (χ3n) is 2.16. The maximum atomic E-state index is 11.8. The second kappa shape index (κ2) is 4.75. The van der Waals surface area contributed by atoms with Gasteiger partial charge in [0.1, 0.15) is 5.76 Å². The van der Waals surface area contributed by atoms with Crippen molar-refractivity contribution in [1.29, 1.82) is 0 Å². The smallest absolute Gasteiger partial charge is 0.257 e. The highest BCUT2D eigenvalue weighted by atomic mass is 16.5. The molecule has 0 spiro atoms. The molecular weight excluding hydrogens is 220 g/mol. The third kappa shape index (κ3) is 2.67. The zero-order valence-corrected chi connectivity index (χ0v) is 9.30. The number of pyridine rings is 1. The summed E-state index contributed by atoms with van der Waals surface area (Å²) in [6.45, 7) is 2.05. The van der Waals surface area contributed by atoms with Gasteiger partial charge in [0, 0.05) is 24.4 Å².